The summed E-state index contributed by atoms with van der Waals surface area (Å²) in [5.41, 5.74) is 7.35. The van der Waals surface area contributed by atoms with E-state index in [1.54, 1.807) is 6.21 Å². The van der Waals surface area contributed by atoms with Gasteiger partial charge in [-0.3, -0.25) is 4.79 Å². The lowest BCUT2D eigenvalue weighted by molar-refractivity contribution is 0.0987. The fourth-order valence-corrected chi connectivity index (χ4v) is 5.06. The van der Waals surface area contributed by atoms with Crippen molar-refractivity contribution < 1.29 is 4.79 Å². The molecule has 0 aliphatic heterocycles. The van der Waals surface area contributed by atoms with Crippen molar-refractivity contribution >= 4 is 18.2 Å². The van der Waals surface area contributed by atoms with E-state index in [-0.39, 0.29) is 11.7 Å². The molecule has 0 heterocycles. The zero-order valence-electron chi connectivity index (χ0n) is 32.9. The molecular formula is C43H72N4O. The number of carbonyl (C=O) groups is 1. The Morgan fingerprint density at radius 3 is 2.12 bits per heavy atom. The van der Waals surface area contributed by atoms with E-state index < -0.39 is 0 Å². The first-order valence-corrected chi connectivity index (χ1v) is 19.1. The molecule has 0 spiro atoms. The number of benzene rings is 2. The topological polar surface area (TPSA) is 77.6 Å². The van der Waals surface area contributed by atoms with Gasteiger partial charge in [-0.2, -0.15) is 15.5 Å². The summed E-state index contributed by atoms with van der Waals surface area (Å²) < 4.78 is 0. The third kappa shape index (κ3) is 22.5. The molecule has 2 rings (SSSR count). The largest absolute Gasteiger partial charge is 0.313 e. The highest BCUT2D eigenvalue weighted by Gasteiger charge is 2.13. The van der Waals surface area contributed by atoms with Crippen molar-refractivity contribution in [3.8, 4) is 6.07 Å². The first-order valence-electron chi connectivity index (χ1n) is 19.1. The maximum Gasteiger partial charge on any atom is 0.162 e. The average molecular weight is 661 g/mol. The van der Waals surface area contributed by atoms with Gasteiger partial charge in [-0.05, 0) is 93.2 Å². The first kappa shape index (κ1) is 47.0. The van der Waals surface area contributed by atoms with Crippen LogP contribution in [0.15, 0.2) is 46.6 Å². The number of nitrogens with zero attached hydrogens (tertiary/aromatic N) is 3. The van der Waals surface area contributed by atoms with Crippen molar-refractivity contribution in [3.05, 3.63) is 69.8 Å². The van der Waals surface area contributed by atoms with Crippen LogP contribution in [0.1, 0.15) is 165 Å². The summed E-state index contributed by atoms with van der Waals surface area (Å²) in [6.07, 6.45) is 17.0. The van der Waals surface area contributed by atoms with Gasteiger partial charge in [0, 0.05) is 31.0 Å². The second-order valence-corrected chi connectivity index (χ2v) is 12.2. The summed E-state index contributed by atoms with van der Waals surface area (Å²) in [4.78, 5) is 12.3. The zero-order valence-corrected chi connectivity index (χ0v) is 32.9. The van der Waals surface area contributed by atoms with E-state index in [0.29, 0.717) is 12.3 Å². The minimum absolute atomic E-state index is 0.168. The summed E-state index contributed by atoms with van der Waals surface area (Å²) in [6.45, 7) is 24.7. The van der Waals surface area contributed by atoms with Crippen LogP contribution in [-0.2, 0) is 25.8 Å². The van der Waals surface area contributed by atoms with Gasteiger partial charge >= 0.3 is 0 Å². The Balaban J connectivity index is 0. The van der Waals surface area contributed by atoms with Crippen LogP contribution in [0.2, 0.25) is 0 Å². The fourth-order valence-electron chi connectivity index (χ4n) is 5.06. The first-order chi connectivity index (χ1) is 23.2. The van der Waals surface area contributed by atoms with Gasteiger partial charge in [-0.25, -0.2) is 0 Å². The molecule has 0 bridgehead atoms. The molecule has 0 radical (unpaired) electrons. The molecule has 270 valence electrons. The van der Waals surface area contributed by atoms with Gasteiger partial charge in [-0.1, -0.05) is 130 Å². The molecule has 5 nitrogen and oxygen atoms in total. The lowest BCUT2D eigenvalue weighted by Gasteiger charge is -2.15. The van der Waals surface area contributed by atoms with Crippen LogP contribution >= 0.6 is 0 Å². The van der Waals surface area contributed by atoms with Gasteiger partial charge < -0.3 is 5.32 Å². The predicted molar refractivity (Wildman–Crippen MR) is 213 cm³/mol. The van der Waals surface area contributed by atoms with Crippen LogP contribution in [0.4, 0.5) is 0 Å². The molecule has 0 aliphatic rings. The van der Waals surface area contributed by atoms with E-state index in [2.05, 4.69) is 106 Å². The quantitative estimate of drug-likeness (QED) is 0.0705. The number of hydrogen-bond donors (Lipinski definition) is 1. The average Bonchev–Trinajstić information content (AvgIpc) is 3.12. The van der Waals surface area contributed by atoms with Crippen LogP contribution < -0.4 is 5.32 Å². The Morgan fingerprint density at radius 2 is 1.58 bits per heavy atom. The molecule has 0 saturated heterocycles. The second kappa shape index (κ2) is 32.4. The van der Waals surface area contributed by atoms with Crippen molar-refractivity contribution in [1.82, 2.24) is 5.32 Å². The number of hydrogen-bond acceptors (Lipinski definition) is 5. The molecule has 0 aromatic heterocycles. The summed E-state index contributed by atoms with van der Waals surface area (Å²) >= 11 is 0. The predicted octanol–water partition coefficient (Wildman–Crippen LogP) is 12.1. The number of aryl methyl sites for hydroxylation is 2. The SMILES string of the molecule is C/C=N\N=C/C(C)CC.CC.CCC(C#N)Cc1cccc(C)c1.CCCCCCCCNCc1cc(CC)c(CC)c(C(=O)CC)c1. The molecule has 1 N–H and O–H groups in total. The van der Waals surface area contributed by atoms with Crippen LogP contribution in [0.5, 0.6) is 0 Å². The molecule has 48 heavy (non-hydrogen) atoms. The fraction of sp³-hybridized carbons (Fsp3) is 0.628. The van der Waals surface area contributed by atoms with E-state index in [9.17, 15) is 4.79 Å². The highest BCUT2D eigenvalue weighted by atomic mass is 16.1. The molecule has 0 amide bonds. The minimum atomic E-state index is 0.168. The van der Waals surface area contributed by atoms with Crippen molar-refractivity contribution in [2.45, 2.75) is 160 Å². The van der Waals surface area contributed by atoms with Crippen molar-refractivity contribution in [3.63, 3.8) is 0 Å². The Kier molecular flexibility index (Phi) is 31.8. The molecule has 0 aliphatic carbocycles. The third-order valence-electron chi connectivity index (χ3n) is 8.18. The molecule has 0 fully saturated rings. The molecule has 5 heteroatoms. The monoisotopic (exact) mass is 661 g/mol. The number of unbranched alkanes of at least 4 members (excludes halogenated alkanes) is 5. The Labute approximate surface area is 297 Å². The number of rotatable bonds is 19. The van der Waals surface area contributed by atoms with Crippen LogP contribution in [-0.4, -0.2) is 24.8 Å². The number of Topliss-reactive ketones (excluding diaryl/α,β-unsaturated/α-hetero) is 1. The summed E-state index contributed by atoms with van der Waals surface area (Å²) in [5, 5.41) is 19.9. The van der Waals surface area contributed by atoms with E-state index in [4.69, 9.17) is 5.26 Å². The number of nitrogens with one attached hydrogen (secondary N) is 1. The maximum atomic E-state index is 12.3. The second-order valence-electron chi connectivity index (χ2n) is 12.2. The van der Waals surface area contributed by atoms with Crippen LogP contribution in [0.3, 0.4) is 0 Å². The summed E-state index contributed by atoms with van der Waals surface area (Å²) in [5.74, 6) is 0.995. The lowest BCUT2D eigenvalue weighted by Crippen LogP contribution is -2.16. The highest BCUT2D eigenvalue weighted by molar-refractivity contribution is 5.97. The highest BCUT2D eigenvalue weighted by Crippen LogP contribution is 2.21. The van der Waals surface area contributed by atoms with Gasteiger partial charge in [0.05, 0.1) is 12.0 Å². The van der Waals surface area contributed by atoms with Gasteiger partial charge in [0.25, 0.3) is 0 Å². The summed E-state index contributed by atoms with van der Waals surface area (Å²) in [6, 6.07) is 15.1. The Bertz CT molecular complexity index is 1180. The van der Waals surface area contributed by atoms with Gasteiger partial charge in [0.15, 0.2) is 5.78 Å². The number of nitriles is 1. The van der Waals surface area contributed by atoms with E-state index >= 15 is 0 Å². The van der Waals surface area contributed by atoms with Gasteiger partial charge in [0.2, 0.25) is 0 Å². The Morgan fingerprint density at radius 1 is 0.896 bits per heavy atom. The van der Waals surface area contributed by atoms with Crippen LogP contribution in [0.25, 0.3) is 0 Å². The molecule has 2 unspecified atom stereocenters. The van der Waals surface area contributed by atoms with E-state index in [0.717, 1.165) is 50.8 Å². The van der Waals surface area contributed by atoms with Crippen molar-refractivity contribution in [1.29, 1.82) is 5.26 Å². The Hall–Kier alpha value is -3.10. The third-order valence-corrected chi connectivity index (χ3v) is 8.18. The van der Waals surface area contributed by atoms with Crippen molar-refractivity contribution in [2.75, 3.05) is 6.54 Å². The van der Waals surface area contributed by atoms with Crippen LogP contribution in [0, 0.1) is 30.1 Å². The zero-order chi connectivity index (χ0) is 36.6. The smallest absolute Gasteiger partial charge is 0.162 e. The molecular weight excluding hydrogens is 589 g/mol. The summed E-state index contributed by atoms with van der Waals surface area (Å²) in [7, 11) is 0. The number of ketones is 1. The molecule has 2 aromatic rings. The maximum absolute atomic E-state index is 12.3. The minimum Gasteiger partial charge on any atom is -0.313 e. The van der Waals surface area contributed by atoms with Gasteiger partial charge in [-0.15, -0.1) is 0 Å². The van der Waals surface area contributed by atoms with E-state index in [1.807, 2.05) is 33.9 Å². The molecule has 2 aromatic carbocycles. The molecule has 0 saturated carbocycles. The van der Waals surface area contributed by atoms with Gasteiger partial charge in [0.1, 0.15) is 0 Å². The standard InChI is InChI=1S/C22H37NO.C12H15N.C7H14N2.C2H6/c1-5-9-10-11-12-13-14-23-17-18-15-19(6-2)20(7-3)21(16-18)22(24)8-4;1-3-11(9-13)8-12-6-4-5-10(2)7-12;1-4-7(3)6-9-8-5-2;1-2/h15-16,23H,5-14,17H2,1-4H3;4-7,11H,3,8H2,1-2H3;5-7H,4H2,1-3H3;1-2H3/b;;8-5-,9-6-;. The van der Waals surface area contributed by atoms with E-state index in [1.165, 1.54) is 66.3 Å². The normalized spacial score (nSPS) is 11.8. The number of carbonyl (C=O) groups excluding carboxylic acids is 1. The lowest BCUT2D eigenvalue weighted by atomic mass is 9.91. The molecule has 2 atom stereocenters. The van der Waals surface area contributed by atoms with Crippen molar-refractivity contribution in [2.24, 2.45) is 22.0 Å².